The van der Waals surface area contributed by atoms with Gasteiger partial charge < -0.3 is 16.4 Å². The summed E-state index contributed by atoms with van der Waals surface area (Å²) in [5, 5.41) is 6.14. The van der Waals surface area contributed by atoms with Crippen molar-refractivity contribution in [2.45, 2.75) is 13.5 Å². The Morgan fingerprint density at radius 3 is 2.65 bits per heavy atom. The summed E-state index contributed by atoms with van der Waals surface area (Å²) < 4.78 is 0. The van der Waals surface area contributed by atoms with E-state index in [2.05, 4.69) is 27.8 Å². The first-order valence-corrected chi connectivity index (χ1v) is 5.06. The van der Waals surface area contributed by atoms with E-state index in [4.69, 9.17) is 5.73 Å². The maximum atomic E-state index is 5.66. The molecule has 0 bridgehead atoms. The average Bonchev–Trinajstić information content (AvgIpc) is 2.19. The summed E-state index contributed by atoms with van der Waals surface area (Å²) in [4.78, 5) is 4.06. The molecule has 98 valence electrons. The lowest BCUT2D eigenvalue weighted by Crippen LogP contribution is -2.22. The number of nitrogens with one attached hydrogen (secondary N) is 2. The van der Waals surface area contributed by atoms with Crippen LogP contribution < -0.4 is 16.4 Å². The molecule has 0 saturated carbocycles. The third-order valence-electron chi connectivity index (χ3n) is 1.91. The predicted octanol–water partition coefficient (Wildman–Crippen LogP) is 2.00. The van der Waals surface area contributed by atoms with Gasteiger partial charge in [-0.1, -0.05) is 12.1 Å². The van der Waals surface area contributed by atoms with Gasteiger partial charge in [0.15, 0.2) is 5.96 Å². The molecule has 0 heterocycles. The molecule has 0 aromatic heterocycles. The van der Waals surface area contributed by atoms with E-state index >= 15 is 0 Å². The van der Waals surface area contributed by atoms with E-state index in [-0.39, 0.29) is 24.8 Å². The van der Waals surface area contributed by atoms with E-state index in [9.17, 15) is 0 Å². The molecule has 1 aromatic rings. The van der Waals surface area contributed by atoms with Crippen LogP contribution in [0.5, 0.6) is 0 Å². The second kappa shape index (κ2) is 10.2. The molecule has 0 aliphatic rings. The minimum absolute atomic E-state index is 0. The van der Waals surface area contributed by atoms with Crippen LogP contribution in [0.1, 0.15) is 12.5 Å². The summed E-state index contributed by atoms with van der Waals surface area (Å²) in [5.41, 5.74) is 7.85. The Morgan fingerprint density at radius 1 is 1.35 bits per heavy atom. The molecular formula is C11H20Cl2N4. The van der Waals surface area contributed by atoms with Crippen LogP contribution in [-0.4, -0.2) is 19.6 Å². The molecule has 0 radical (unpaired) electrons. The number of anilines is 1. The Hall–Kier alpha value is -0.970. The predicted molar refractivity (Wildman–Crippen MR) is 79.5 cm³/mol. The largest absolute Gasteiger partial charge is 0.370 e. The summed E-state index contributed by atoms with van der Waals surface area (Å²) in [7, 11) is 1.92. The fourth-order valence-electron chi connectivity index (χ4n) is 1.32. The topological polar surface area (TPSA) is 62.4 Å². The van der Waals surface area contributed by atoms with Gasteiger partial charge in [-0.2, -0.15) is 0 Å². The van der Waals surface area contributed by atoms with Crippen molar-refractivity contribution >= 4 is 36.5 Å². The minimum atomic E-state index is 0. The monoisotopic (exact) mass is 278 g/mol. The smallest absolute Gasteiger partial charge is 0.193 e. The molecule has 0 saturated heterocycles. The third kappa shape index (κ3) is 7.05. The van der Waals surface area contributed by atoms with Gasteiger partial charge in [-0.15, -0.1) is 24.8 Å². The van der Waals surface area contributed by atoms with Gasteiger partial charge in [0.1, 0.15) is 0 Å². The molecule has 0 unspecified atom stereocenters. The zero-order valence-corrected chi connectivity index (χ0v) is 11.7. The summed E-state index contributed by atoms with van der Waals surface area (Å²) in [6.07, 6.45) is 0. The van der Waals surface area contributed by atoms with Crippen LogP contribution in [0.2, 0.25) is 0 Å². The third-order valence-corrected chi connectivity index (χ3v) is 1.91. The zero-order valence-electron chi connectivity index (χ0n) is 10.1. The number of hydrogen-bond donors (Lipinski definition) is 3. The Bertz CT molecular complexity index is 342. The number of nitrogens with zero attached hydrogens (tertiary/aromatic N) is 1. The molecule has 1 rings (SSSR count). The fourth-order valence-corrected chi connectivity index (χ4v) is 1.32. The second-order valence-corrected chi connectivity index (χ2v) is 3.22. The molecule has 0 aliphatic heterocycles. The highest BCUT2D eigenvalue weighted by molar-refractivity contribution is 5.92. The van der Waals surface area contributed by atoms with Crippen LogP contribution in [0.3, 0.4) is 0 Å². The fraction of sp³-hybridized carbons (Fsp3) is 0.364. The van der Waals surface area contributed by atoms with Crippen molar-refractivity contribution in [2.75, 3.05) is 18.9 Å². The van der Waals surface area contributed by atoms with Gasteiger partial charge in [-0.05, 0) is 31.7 Å². The standard InChI is InChI=1S/C11H18N4.2ClH/c1-3-14-11(12)15-10-6-4-5-9(7-10)8-13-2;;/h4-7,13H,3,8H2,1-2H3,(H3,12,14,15);2*1H. The van der Waals surface area contributed by atoms with Gasteiger partial charge in [0.2, 0.25) is 0 Å². The quantitative estimate of drug-likeness (QED) is 0.583. The van der Waals surface area contributed by atoms with Crippen LogP contribution in [0.15, 0.2) is 29.3 Å². The summed E-state index contributed by atoms with van der Waals surface area (Å²) in [6, 6.07) is 8.08. The molecule has 6 heteroatoms. The number of benzene rings is 1. The lowest BCUT2D eigenvalue weighted by atomic mass is 10.2. The summed E-state index contributed by atoms with van der Waals surface area (Å²) in [6.45, 7) is 3.49. The average molecular weight is 279 g/mol. The molecule has 0 spiro atoms. The van der Waals surface area contributed by atoms with Gasteiger partial charge in [0, 0.05) is 18.8 Å². The van der Waals surface area contributed by atoms with Crippen LogP contribution in [0.4, 0.5) is 5.69 Å². The van der Waals surface area contributed by atoms with Crippen molar-refractivity contribution in [3.63, 3.8) is 0 Å². The maximum absolute atomic E-state index is 5.66. The van der Waals surface area contributed by atoms with Crippen molar-refractivity contribution in [3.05, 3.63) is 29.8 Å². The van der Waals surface area contributed by atoms with E-state index in [1.54, 1.807) is 0 Å². The lowest BCUT2D eigenvalue weighted by molar-refractivity contribution is 0.818. The molecular weight excluding hydrogens is 259 g/mol. The lowest BCUT2D eigenvalue weighted by Gasteiger charge is -2.07. The first-order valence-electron chi connectivity index (χ1n) is 5.06. The highest BCUT2D eigenvalue weighted by Crippen LogP contribution is 2.09. The molecule has 0 aliphatic carbocycles. The van der Waals surface area contributed by atoms with Gasteiger partial charge in [-0.25, -0.2) is 0 Å². The Labute approximate surface area is 115 Å². The van der Waals surface area contributed by atoms with Gasteiger partial charge in [-0.3, -0.25) is 4.99 Å². The van der Waals surface area contributed by atoms with Crippen molar-refractivity contribution < 1.29 is 0 Å². The molecule has 1 aromatic carbocycles. The number of halogens is 2. The molecule has 0 fully saturated rings. The second-order valence-electron chi connectivity index (χ2n) is 3.22. The van der Waals surface area contributed by atoms with Crippen LogP contribution in [0.25, 0.3) is 0 Å². The molecule has 0 atom stereocenters. The highest BCUT2D eigenvalue weighted by Gasteiger charge is 1.96. The van der Waals surface area contributed by atoms with Gasteiger partial charge in [0.25, 0.3) is 0 Å². The van der Waals surface area contributed by atoms with E-state index in [1.165, 1.54) is 5.56 Å². The molecule has 4 N–H and O–H groups in total. The molecule has 0 amide bonds. The molecule has 4 nitrogen and oxygen atoms in total. The zero-order chi connectivity index (χ0) is 11.1. The number of hydrogen-bond acceptors (Lipinski definition) is 2. The van der Waals surface area contributed by atoms with Crippen molar-refractivity contribution in [1.29, 1.82) is 0 Å². The van der Waals surface area contributed by atoms with Crippen molar-refractivity contribution in [3.8, 4) is 0 Å². The number of rotatable bonds is 4. The Morgan fingerprint density at radius 2 is 2.06 bits per heavy atom. The van der Waals surface area contributed by atoms with E-state index < -0.39 is 0 Å². The van der Waals surface area contributed by atoms with Gasteiger partial charge >= 0.3 is 0 Å². The van der Waals surface area contributed by atoms with Crippen molar-refractivity contribution in [1.82, 2.24) is 5.32 Å². The van der Waals surface area contributed by atoms with Crippen LogP contribution in [0, 0.1) is 0 Å². The number of aliphatic imine (C=N–C) groups is 1. The van der Waals surface area contributed by atoms with E-state index in [0.717, 1.165) is 12.2 Å². The van der Waals surface area contributed by atoms with E-state index in [1.807, 2.05) is 26.1 Å². The molecule has 17 heavy (non-hydrogen) atoms. The first-order chi connectivity index (χ1) is 7.26. The first kappa shape index (κ1) is 18.4. The minimum Gasteiger partial charge on any atom is -0.370 e. The Kier molecular flexibility index (Phi) is 11.0. The normalized spacial score (nSPS) is 10.1. The number of nitrogens with two attached hydrogens (primary N) is 1. The van der Waals surface area contributed by atoms with Crippen LogP contribution in [-0.2, 0) is 6.54 Å². The maximum Gasteiger partial charge on any atom is 0.193 e. The van der Waals surface area contributed by atoms with Crippen LogP contribution >= 0.6 is 24.8 Å². The Balaban J connectivity index is 0. The SMILES string of the molecule is CCN=C(N)Nc1cccc(CNC)c1.Cl.Cl. The van der Waals surface area contributed by atoms with E-state index in [0.29, 0.717) is 12.5 Å². The van der Waals surface area contributed by atoms with Crippen molar-refractivity contribution in [2.24, 2.45) is 10.7 Å². The summed E-state index contributed by atoms with van der Waals surface area (Å²) in [5.74, 6) is 0.458. The summed E-state index contributed by atoms with van der Waals surface area (Å²) >= 11 is 0. The number of guanidine groups is 1. The van der Waals surface area contributed by atoms with Gasteiger partial charge in [0.05, 0.1) is 0 Å². The highest BCUT2D eigenvalue weighted by atomic mass is 35.5.